The maximum absolute atomic E-state index is 14.2. The van der Waals surface area contributed by atoms with E-state index in [2.05, 4.69) is 32.0 Å². The Labute approximate surface area is 158 Å². The molecule has 4 N–H and O–H groups in total. The smallest absolute Gasteiger partial charge is 0.148 e. The Morgan fingerprint density at radius 2 is 2.11 bits per heavy atom. The molecule has 2 aromatic heterocycles. The minimum Gasteiger partial charge on any atom is -0.368 e. The van der Waals surface area contributed by atoms with Crippen molar-refractivity contribution in [3.63, 3.8) is 0 Å². The molecule has 1 atom stereocenters. The number of aromatic nitrogens is 3. The van der Waals surface area contributed by atoms with Crippen molar-refractivity contribution in [3.05, 3.63) is 53.7 Å². The summed E-state index contributed by atoms with van der Waals surface area (Å²) in [4.78, 5) is 4.30. The highest BCUT2D eigenvalue weighted by Gasteiger charge is 2.41. The molecule has 1 saturated carbocycles. The number of anilines is 1. The van der Waals surface area contributed by atoms with E-state index in [9.17, 15) is 4.39 Å². The maximum atomic E-state index is 14.2. The molecule has 0 saturated heterocycles. The number of rotatable bonds is 6. The van der Waals surface area contributed by atoms with Gasteiger partial charge in [0.1, 0.15) is 11.6 Å². The minimum absolute atomic E-state index is 0.227. The van der Waals surface area contributed by atoms with E-state index in [1.165, 1.54) is 11.6 Å². The van der Waals surface area contributed by atoms with Crippen molar-refractivity contribution in [2.75, 3.05) is 11.9 Å². The van der Waals surface area contributed by atoms with Crippen LogP contribution in [0.3, 0.4) is 0 Å². The summed E-state index contributed by atoms with van der Waals surface area (Å²) in [5, 5.41) is 12.0. The maximum Gasteiger partial charge on any atom is 0.148 e. The van der Waals surface area contributed by atoms with E-state index < -0.39 is 0 Å². The SMILES string of the molecule is NNC1CC=C(c2ccc(NCC3(c4ncccc4F)CCC3)nn2)CC1. The van der Waals surface area contributed by atoms with Crippen molar-refractivity contribution in [2.24, 2.45) is 5.84 Å². The van der Waals surface area contributed by atoms with Crippen LogP contribution in [0.5, 0.6) is 0 Å². The molecule has 2 aliphatic rings. The molecular formula is C20H25FN6. The molecule has 0 aromatic carbocycles. The van der Waals surface area contributed by atoms with Gasteiger partial charge >= 0.3 is 0 Å². The second-order valence-corrected chi connectivity index (χ2v) is 7.49. The van der Waals surface area contributed by atoms with Crippen molar-refractivity contribution in [2.45, 2.75) is 50.0 Å². The molecule has 4 rings (SSSR count). The Hall–Kier alpha value is -2.38. The lowest BCUT2D eigenvalue weighted by Gasteiger charge is -2.41. The zero-order chi connectivity index (χ0) is 18.7. The lowest BCUT2D eigenvalue weighted by Crippen LogP contribution is -2.42. The van der Waals surface area contributed by atoms with E-state index in [0.29, 0.717) is 24.1 Å². The quantitative estimate of drug-likeness (QED) is 0.537. The third kappa shape index (κ3) is 3.70. The predicted molar refractivity (Wildman–Crippen MR) is 103 cm³/mol. The van der Waals surface area contributed by atoms with Crippen molar-refractivity contribution < 1.29 is 4.39 Å². The Morgan fingerprint density at radius 3 is 2.70 bits per heavy atom. The van der Waals surface area contributed by atoms with E-state index >= 15 is 0 Å². The Morgan fingerprint density at radius 1 is 1.22 bits per heavy atom. The van der Waals surface area contributed by atoms with E-state index in [-0.39, 0.29) is 11.2 Å². The first-order valence-electron chi connectivity index (χ1n) is 9.54. The molecule has 0 radical (unpaired) electrons. The lowest BCUT2D eigenvalue weighted by atomic mass is 9.66. The van der Waals surface area contributed by atoms with E-state index in [1.807, 2.05) is 12.1 Å². The lowest BCUT2D eigenvalue weighted by molar-refractivity contribution is 0.243. The van der Waals surface area contributed by atoms with Crippen LogP contribution in [0.15, 0.2) is 36.5 Å². The summed E-state index contributed by atoms with van der Waals surface area (Å²) in [6.45, 7) is 0.613. The fraction of sp³-hybridized carbons (Fsp3) is 0.450. The monoisotopic (exact) mass is 368 g/mol. The van der Waals surface area contributed by atoms with Gasteiger partial charge in [-0.1, -0.05) is 12.5 Å². The van der Waals surface area contributed by atoms with Crippen LogP contribution in [0.1, 0.15) is 49.9 Å². The first-order chi connectivity index (χ1) is 13.2. The first-order valence-corrected chi connectivity index (χ1v) is 9.54. The highest BCUT2D eigenvalue weighted by molar-refractivity contribution is 5.63. The van der Waals surface area contributed by atoms with Crippen LogP contribution in [0, 0.1) is 5.82 Å². The van der Waals surface area contributed by atoms with Crippen molar-refractivity contribution >= 4 is 11.4 Å². The molecule has 0 amide bonds. The molecule has 0 aliphatic heterocycles. The summed E-state index contributed by atoms with van der Waals surface area (Å²) in [5.74, 6) is 5.98. The molecule has 0 spiro atoms. The number of halogens is 1. The van der Waals surface area contributed by atoms with Gasteiger partial charge in [-0.15, -0.1) is 10.2 Å². The zero-order valence-corrected chi connectivity index (χ0v) is 15.3. The van der Waals surface area contributed by atoms with E-state index in [4.69, 9.17) is 5.84 Å². The number of nitrogens with zero attached hydrogens (tertiary/aromatic N) is 3. The fourth-order valence-electron chi connectivity index (χ4n) is 3.95. The van der Waals surface area contributed by atoms with Crippen molar-refractivity contribution in [1.29, 1.82) is 0 Å². The molecule has 7 heteroatoms. The third-order valence-electron chi connectivity index (χ3n) is 5.82. The van der Waals surface area contributed by atoms with Crippen LogP contribution in [0.2, 0.25) is 0 Å². The van der Waals surface area contributed by atoms with Crippen LogP contribution in [-0.4, -0.2) is 27.8 Å². The summed E-state index contributed by atoms with van der Waals surface area (Å²) in [6.07, 6.45) is 9.65. The summed E-state index contributed by atoms with van der Waals surface area (Å²) in [6, 6.07) is 7.39. The average Bonchev–Trinajstić information content (AvgIpc) is 2.69. The van der Waals surface area contributed by atoms with Gasteiger partial charge in [-0.2, -0.15) is 0 Å². The minimum atomic E-state index is -0.248. The largest absolute Gasteiger partial charge is 0.368 e. The van der Waals surface area contributed by atoms with Gasteiger partial charge in [-0.05, 0) is 61.9 Å². The molecule has 0 bridgehead atoms. The number of hydrogen-bond acceptors (Lipinski definition) is 6. The van der Waals surface area contributed by atoms with Gasteiger partial charge in [0.2, 0.25) is 0 Å². The summed E-state index contributed by atoms with van der Waals surface area (Å²) < 4.78 is 14.2. The molecule has 1 unspecified atom stereocenters. The van der Waals surface area contributed by atoms with E-state index in [0.717, 1.165) is 44.2 Å². The number of nitrogens with two attached hydrogens (primary N) is 1. The summed E-state index contributed by atoms with van der Waals surface area (Å²) in [5.41, 5.74) is 5.25. The second-order valence-electron chi connectivity index (χ2n) is 7.49. The van der Waals surface area contributed by atoms with Gasteiger partial charge in [0, 0.05) is 24.2 Å². The topological polar surface area (TPSA) is 88.8 Å². The Balaban J connectivity index is 1.42. The van der Waals surface area contributed by atoms with Crippen molar-refractivity contribution in [1.82, 2.24) is 20.6 Å². The van der Waals surface area contributed by atoms with Gasteiger partial charge in [-0.25, -0.2) is 4.39 Å². The van der Waals surface area contributed by atoms with Crippen LogP contribution < -0.4 is 16.6 Å². The van der Waals surface area contributed by atoms with Crippen LogP contribution in [-0.2, 0) is 5.41 Å². The Bertz CT molecular complexity index is 815. The molecule has 2 aromatic rings. The number of nitrogens with one attached hydrogen (secondary N) is 2. The zero-order valence-electron chi connectivity index (χ0n) is 15.3. The van der Waals surface area contributed by atoms with Crippen LogP contribution in [0.25, 0.3) is 5.57 Å². The average molecular weight is 368 g/mol. The van der Waals surface area contributed by atoms with Gasteiger partial charge < -0.3 is 5.32 Å². The van der Waals surface area contributed by atoms with Gasteiger partial charge in [-0.3, -0.25) is 16.3 Å². The molecule has 1 fully saturated rings. The normalized spacial score (nSPS) is 21.3. The second kappa shape index (κ2) is 7.70. The van der Waals surface area contributed by atoms with Gasteiger partial charge in [0.25, 0.3) is 0 Å². The van der Waals surface area contributed by atoms with Crippen molar-refractivity contribution in [3.8, 4) is 0 Å². The molecule has 6 nitrogen and oxygen atoms in total. The number of pyridine rings is 1. The predicted octanol–water partition coefficient (Wildman–Crippen LogP) is 2.94. The highest BCUT2D eigenvalue weighted by atomic mass is 19.1. The van der Waals surface area contributed by atoms with Gasteiger partial charge in [0.15, 0.2) is 0 Å². The summed E-state index contributed by atoms with van der Waals surface area (Å²) >= 11 is 0. The fourth-order valence-corrected chi connectivity index (χ4v) is 3.95. The van der Waals surface area contributed by atoms with E-state index in [1.54, 1.807) is 12.3 Å². The highest BCUT2D eigenvalue weighted by Crippen LogP contribution is 2.43. The molecule has 2 heterocycles. The van der Waals surface area contributed by atoms with Crippen LogP contribution in [0.4, 0.5) is 10.2 Å². The number of hydrogen-bond donors (Lipinski definition) is 3. The number of hydrazine groups is 1. The first kappa shape index (κ1) is 18.0. The standard InChI is InChI=1S/C20H25FN6/c21-16-3-1-12-23-19(16)20(10-2-11-20)13-24-18-9-8-17(26-27-18)14-4-6-15(25-22)7-5-14/h1,3-4,8-9,12,15,25H,2,5-7,10-11,13,22H2,(H,24,27). The molecule has 27 heavy (non-hydrogen) atoms. The molecule has 2 aliphatic carbocycles. The van der Waals surface area contributed by atoms with Gasteiger partial charge in [0.05, 0.1) is 11.4 Å². The Kier molecular flexibility index (Phi) is 5.13. The molecule has 142 valence electrons. The van der Waals surface area contributed by atoms with Crippen LogP contribution >= 0.6 is 0 Å². The number of allylic oxidation sites excluding steroid dienone is 1. The molecular weight excluding hydrogens is 343 g/mol. The third-order valence-corrected chi connectivity index (χ3v) is 5.82. The summed E-state index contributed by atoms with van der Waals surface area (Å²) in [7, 11) is 0.